The van der Waals surface area contributed by atoms with Gasteiger partial charge in [0.25, 0.3) is 5.24 Å². The Morgan fingerprint density at radius 1 is 0.931 bits per heavy atom. The van der Waals surface area contributed by atoms with E-state index in [4.69, 9.17) is 0 Å². The number of benzene rings is 3. The fourth-order valence-electron chi connectivity index (χ4n) is 4.03. The number of fused-ring (bicyclic) bond motifs is 3. The summed E-state index contributed by atoms with van der Waals surface area (Å²) in [7, 11) is 0. The molecular formula is C23H17BrN2O2S. The van der Waals surface area contributed by atoms with Crippen LogP contribution in [0.5, 0.6) is 0 Å². The van der Waals surface area contributed by atoms with Gasteiger partial charge in [0.05, 0.1) is 16.3 Å². The molecule has 2 atom stereocenters. The third-order valence-electron chi connectivity index (χ3n) is 5.29. The van der Waals surface area contributed by atoms with E-state index in [9.17, 15) is 9.59 Å². The number of aromatic nitrogens is 1. The number of hydrogen-bond acceptors (Lipinski definition) is 3. The van der Waals surface area contributed by atoms with E-state index in [0.29, 0.717) is 6.42 Å². The second kappa shape index (κ2) is 7.35. The molecule has 1 aliphatic heterocycles. The van der Waals surface area contributed by atoms with E-state index < -0.39 is 0 Å². The van der Waals surface area contributed by atoms with E-state index in [1.165, 1.54) is 0 Å². The molecule has 144 valence electrons. The molecule has 0 spiro atoms. The van der Waals surface area contributed by atoms with Gasteiger partial charge in [-0.05, 0) is 29.7 Å². The molecule has 1 aliphatic rings. The Labute approximate surface area is 180 Å². The number of amides is 2. The lowest BCUT2D eigenvalue weighted by atomic mass is 10.0. The number of thioether (sulfide) groups is 1. The van der Waals surface area contributed by atoms with Crippen LogP contribution in [0.25, 0.3) is 21.8 Å². The van der Waals surface area contributed by atoms with Crippen molar-refractivity contribution in [3.63, 3.8) is 0 Å². The molecule has 5 rings (SSSR count). The van der Waals surface area contributed by atoms with E-state index in [1.807, 2.05) is 36.4 Å². The second-order valence-electron chi connectivity index (χ2n) is 7.03. The van der Waals surface area contributed by atoms with Crippen molar-refractivity contribution in [2.45, 2.75) is 16.6 Å². The van der Waals surface area contributed by atoms with Crippen LogP contribution in [0.3, 0.4) is 0 Å². The molecule has 0 bridgehead atoms. The van der Waals surface area contributed by atoms with Gasteiger partial charge in [0.1, 0.15) is 4.95 Å². The van der Waals surface area contributed by atoms with Crippen molar-refractivity contribution in [1.82, 2.24) is 9.88 Å². The maximum atomic E-state index is 12.1. The number of hydrogen-bond donors (Lipinski definition) is 1. The first-order chi connectivity index (χ1) is 14.1. The third kappa shape index (κ3) is 3.16. The van der Waals surface area contributed by atoms with Crippen LogP contribution in [0.2, 0.25) is 0 Å². The van der Waals surface area contributed by atoms with Crippen LogP contribution in [-0.4, -0.2) is 21.0 Å². The summed E-state index contributed by atoms with van der Waals surface area (Å²) in [6, 6.07) is 24.8. The smallest absolute Gasteiger partial charge is 0.286 e. The zero-order chi connectivity index (χ0) is 20.0. The summed E-state index contributed by atoms with van der Waals surface area (Å²) in [4.78, 5) is 23.7. The quantitative estimate of drug-likeness (QED) is 0.398. The third-order valence-corrected chi connectivity index (χ3v) is 7.21. The summed E-state index contributed by atoms with van der Waals surface area (Å²) < 4.78 is 2.29. The SMILES string of the molecule is O=C1NC(=O)C(Cc2cccc3c2c2ccccc2n3C(Br)c2ccccc2)S1. The van der Waals surface area contributed by atoms with Gasteiger partial charge in [-0.1, -0.05) is 88.4 Å². The summed E-state index contributed by atoms with van der Waals surface area (Å²) in [6.45, 7) is 0. The average molecular weight is 465 g/mol. The lowest BCUT2D eigenvalue weighted by molar-refractivity contribution is -0.118. The summed E-state index contributed by atoms with van der Waals surface area (Å²) in [5.74, 6) is -0.205. The number of nitrogens with one attached hydrogen (secondary N) is 1. The molecule has 4 aromatic rings. The predicted molar refractivity (Wildman–Crippen MR) is 122 cm³/mol. The zero-order valence-corrected chi connectivity index (χ0v) is 17.7. The van der Waals surface area contributed by atoms with Crippen LogP contribution in [0.15, 0.2) is 72.8 Å². The van der Waals surface area contributed by atoms with Gasteiger partial charge in [-0.3, -0.25) is 14.9 Å². The van der Waals surface area contributed by atoms with Gasteiger partial charge < -0.3 is 4.57 Å². The molecule has 2 heterocycles. The molecule has 0 saturated carbocycles. The maximum absolute atomic E-state index is 12.1. The van der Waals surface area contributed by atoms with Crippen molar-refractivity contribution in [2.24, 2.45) is 0 Å². The fraction of sp³-hybridized carbons (Fsp3) is 0.130. The number of carbonyl (C=O) groups excluding carboxylic acids is 2. The van der Waals surface area contributed by atoms with Crippen LogP contribution in [0, 0.1) is 0 Å². The van der Waals surface area contributed by atoms with Crippen molar-refractivity contribution in [3.05, 3.63) is 83.9 Å². The number of alkyl halides is 1. The fourth-order valence-corrected chi connectivity index (χ4v) is 5.62. The number of carbonyl (C=O) groups is 2. The van der Waals surface area contributed by atoms with Crippen molar-refractivity contribution < 1.29 is 9.59 Å². The van der Waals surface area contributed by atoms with E-state index in [0.717, 1.165) is 44.7 Å². The molecule has 1 aromatic heterocycles. The molecule has 0 radical (unpaired) electrons. The van der Waals surface area contributed by atoms with Crippen LogP contribution in [0.1, 0.15) is 16.1 Å². The largest absolute Gasteiger partial charge is 0.323 e. The summed E-state index contributed by atoms with van der Waals surface area (Å²) in [6.07, 6.45) is 0.520. The monoisotopic (exact) mass is 464 g/mol. The minimum Gasteiger partial charge on any atom is -0.323 e. The van der Waals surface area contributed by atoms with Gasteiger partial charge in [0, 0.05) is 10.8 Å². The zero-order valence-electron chi connectivity index (χ0n) is 15.3. The predicted octanol–water partition coefficient (Wildman–Crippen LogP) is 5.63. The van der Waals surface area contributed by atoms with Gasteiger partial charge in [-0.15, -0.1) is 0 Å². The molecule has 1 fully saturated rings. The maximum Gasteiger partial charge on any atom is 0.286 e. The van der Waals surface area contributed by atoms with Crippen molar-refractivity contribution >= 4 is 60.6 Å². The highest BCUT2D eigenvalue weighted by Gasteiger charge is 2.32. The first kappa shape index (κ1) is 18.5. The highest BCUT2D eigenvalue weighted by molar-refractivity contribution is 9.09. The number of nitrogens with zero attached hydrogens (tertiary/aromatic N) is 1. The normalized spacial score (nSPS) is 17.8. The highest BCUT2D eigenvalue weighted by Crippen LogP contribution is 2.39. The molecule has 3 aromatic carbocycles. The van der Waals surface area contributed by atoms with Crippen LogP contribution in [-0.2, 0) is 11.2 Å². The Hall–Kier alpha value is -2.57. The van der Waals surface area contributed by atoms with Crippen molar-refractivity contribution in [1.29, 1.82) is 0 Å². The van der Waals surface area contributed by atoms with Crippen LogP contribution < -0.4 is 5.32 Å². The molecule has 0 aliphatic carbocycles. The van der Waals surface area contributed by atoms with E-state index in [2.05, 4.69) is 62.2 Å². The van der Waals surface area contributed by atoms with Crippen LogP contribution >= 0.6 is 27.7 Å². The van der Waals surface area contributed by atoms with Gasteiger partial charge in [0.15, 0.2) is 0 Å². The minimum absolute atomic E-state index is 0.0212. The molecular weight excluding hydrogens is 448 g/mol. The number of rotatable bonds is 4. The topological polar surface area (TPSA) is 51.1 Å². The summed E-state index contributed by atoms with van der Waals surface area (Å²) in [5.41, 5.74) is 4.47. The molecule has 6 heteroatoms. The molecule has 4 nitrogen and oxygen atoms in total. The van der Waals surface area contributed by atoms with Gasteiger partial charge >= 0.3 is 0 Å². The Bertz CT molecular complexity index is 1250. The molecule has 29 heavy (non-hydrogen) atoms. The second-order valence-corrected chi connectivity index (χ2v) is 9.08. The van der Waals surface area contributed by atoms with Gasteiger partial charge in [-0.2, -0.15) is 0 Å². The van der Waals surface area contributed by atoms with Crippen LogP contribution in [0.4, 0.5) is 4.79 Å². The Morgan fingerprint density at radius 2 is 1.66 bits per heavy atom. The number of imide groups is 1. The standard InChI is InChI=1S/C23H17BrN2O2S/c24-21(14-7-2-1-3-8-14)26-17-11-5-4-10-16(17)20-15(9-6-12-18(20)26)13-19-22(27)25-23(28)29-19/h1-12,19,21H,13H2,(H,25,27,28). The first-order valence-corrected chi connectivity index (χ1v) is 11.1. The first-order valence-electron chi connectivity index (χ1n) is 9.34. The highest BCUT2D eigenvalue weighted by atomic mass is 79.9. The Morgan fingerprint density at radius 3 is 2.41 bits per heavy atom. The van der Waals surface area contributed by atoms with E-state index >= 15 is 0 Å². The van der Waals surface area contributed by atoms with E-state index in [1.54, 1.807) is 0 Å². The van der Waals surface area contributed by atoms with Gasteiger partial charge in [-0.25, -0.2) is 0 Å². The molecule has 1 saturated heterocycles. The minimum atomic E-state index is -0.385. The number of halogens is 1. The van der Waals surface area contributed by atoms with Crippen molar-refractivity contribution in [3.8, 4) is 0 Å². The van der Waals surface area contributed by atoms with Crippen molar-refractivity contribution in [2.75, 3.05) is 0 Å². The Balaban J connectivity index is 1.71. The lowest BCUT2D eigenvalue weighted by Crippen LogP contribution is -2.25. The lowest BCUT2D eigenvalue weighted by Gasteiger charge is -2.16. The summed E-state index contributed by atoms with van der Waals surface area (Å²) in [5, 5.41) is 4.02. The number of para-hydroxylation sites is 1. The van der Waals surface area contributed by atoms with Gasteiger partial charge in [0.2, 0.25) is 5.91 Å². The van der Waals surface area contributed by atoms with E-state index in [-0.39, 0.29) is 21.3 Å². The Kier molecular flexibility index (Phi) is 4.68. The average Bonchev–Trinajstić information content (AvgIpc) is 3.25. The molecule has 2 unspecified atom stereocenters. The molecule has 1 N–H and O–H groups in total. The molecule has 2 amide bonds. The summed E-state index contributed by atoms with van der Waals surface area (Å²) >= 11 is 4.97.